The molecule has 1 aliphatic rings. The predicted molar refractivity (Wildman–Crippen MR) is 102 cm³/mol. The minimum absolute atomic E-state index is 0.0230. The Labute approximate surface area is 159 Å². The van der Waals surface area contributed by atoms with Crippen LogP contribution in [-0.2, 0) is 33.0 Å². The van der Waals surface area contributed by atoms with Crippen molar-refractivity contribution < 1.29 is 21.2 Å². The number of nitrogens with zero attached hydrogens (tertiary/aromatic N) is 1. The van der Waals surface area contributed by atoms with Crippen LogP contribution >= 0.6 is 0 Å². The van der Waals surface area contributed by atoms with Crippen LogP contribution in [0.2, 0.25) is 0 Å². The van der Waals surface area contributed by atoms with Gasteiger partial charge < -0.3 is 0 Å². The molecule has 9 heteroatoms. The number of fused-ring (bicyclic) bond motifs is 1. The highest BCUT2D eigenvalue weighted by Crippen LogP contribution is 2.27. The lowest BCUT2D eigenvalue weighted by atomic mass is 10.0. The van der Waals surface area contributed by atoms with E-state index < -0.39 is 25.9 Å². The van der Waals surface area contributed by atoms with Crippen LogP contribution in [0.25, 0.3) is 0 Å². The van der Waals surface area contributed by atoms with Crippen LogP contribution in [-0.4, -0.2) is 33.4 Å². The zero-order valence-corrected chi connectivity index (χ0v) is 16.5. The fourth-order valence-electron chi connectivity index (χ4n) is 3.05. The standard InChI is InChI=1S/C18H21FN2O4S2/c1-2-11-26(22,23)20-17-6-3-14-9-10-21(13-15(14)12-17)27(24,25)18-7-4-16(19)5-8-18/h3-8,12,20H,2,9-11,13H2,1H3. The summed E-state index contributed by atoms with van der Waals surface area (Å²) < 4.78 is 66.4. The number of benzene rings is 2. The van der Waals surface area contributed by atoms with Gasteiger partial charge in [-0.2, -0.15) is 4.31 Å². The minimum Gasteiger partial charge on any atom is -0.284 e. The van der Waals surface area contributed by atoms with E-state index in [9.17, 15) is 21.2 Å². The highest BCUT2D eigenvalue weighted by atomic mass is 32.2. The second-order valence-corrected chi connectivity index (χ2v) is 10.2. The van der Waals surface area contributed by atoms with E-state index in [0.29, 0.717) is 25.1 Å². The van der Waals surface area contributed by atoms with Gasteiger partial charge in [-0.05, 0) is 60.4 Å². The van der Waals surface area contributed by atoms with Crippen LogP contribution in [0.4, 0.5) is 10.1 Å². The zero-order chi connectivity index (χ0) is 19.7. The van der Waals surface area contributed by atoms with Gasteiger partial charge in [0.25, 0.3) is 0 Å². The molecule has 6 nitrogen and oxygen atoms in total. The lowest BCUT2D eigenvalue weighted by molar-refractivity contribution is 0.391. The molecule has 1 aliphatic heterocycles. The van der Waals surface area contributed by atoms with Crippen LogP contribution in [0.1, 0.15) is 24.5 Å². The van der Waals surface area contributed by atoms with E-state index >= 15 is 0 Å². The molecule has 0 radical (unpaired) electrons. The maximum Gasteiger partial charge on any atom is 0.243 e. The number of sulfonamides is 2. The Hall–Kier alpha value is -1.97. The average molecular weight is 413 g/mol. The molecular formula is C18H21FN2O4S2. The molecule has 0 spiro atoms. The van der Waals surface area contributed by atoms with Gasteiger partial charge in [0.1, 0.15) is 5.82 Å². The van der Waals surface area contributed by atoms with Crippen LogP contribution in [0.15, 0.2) is 47.4 Å². The highest BCUT2D eigenvalue weighted by molar-refractivity contribution is 7.92. The molecule has 0 unspecified atom stereocenters. The van der Waals surface area contributed by atoms with Gasteiger partial charge in [0.2, 0.25) is 20.0 Å². The molecule has 1 heterocycles. The lowest BCUT2D eigenvalue weighted by Gasteiger charge is -2.28. The summed E-state index contributed by atoms with van der Waals surface area (Å²) in [4.78, 5) is 0.0344. The second kappa shape index (κ2) is 7.57. The summed E-state index contributed by atoms with van der Waals surface area (Å²) in [6, 6.07) is 9.91. The summed E-state index contributed by atoms with van der Waals surface area (Å²) >= 11 is 0. The maximum absolute atomic E-state index is 13.1. The molecule has 0 aliphatic carbocycles. The first-order valence-electron chi connectivity index (χ1n) is 8.59. The molecule has 0 fully saturated rings. The maximum atomic E-state index is 13.1. The number of anilines is 1. The van der Waals surface area contributed by atoms with E-state index in [1.807, 2.05) is 6.07 Å². The molecule has 0 atom stereocenters. The van der Waals surface area contributed by atoms with E-state index in [1.165, 1.54) is 16.4 Å². The molecule has 2 aromatic rings. The molecule has 27 heavy (non-hydrogen) atoms. The van der Waals surface area contributed by atoms with Crippen molar-refractivity contribution in [1.29, 1.82) is 0 Å². The van der Waals surface area contributed by atoms with Gasteiger partial charge in [0.05, 0.1) is 10.6 Å². The Kier molecular flexibility index (Phi) is 5.55. The van der Waals surface area contributed by atoms with E-state index in [1.54, 1.807) is 19.1 Å². The van der Waals surface area contributed by atoms with Crippen molar-refractivity contribution in [3.8, 4) is 0 Å². The molecule has 0 aromatic heterocycles. The molecular weight excluding hydrogens is 391 g/mol. The molecule has 0 saturated heterocycles. The predicted octanol–water partition coefficient (Wildman–Crippen LogP) is 2.72. The van der Waals surface area contributed by atoms with Crippen molar-refractivity contribution in [3.05, 3.63) is 59.4 Å². The summed E-state index contributed by atoms with van der Waals surface area (Å²) in [6.45, 7) is 2.23. The van der Waals surface area contributed by atoms with Gasteiger partial charge in [-0.15, -0.1) is 0 Å². The Morgan fingerprint density at radius 2 is 1.74 bits per heavy atom. The van der Waals surface area contributed by atoms with Crippen LogP contribution in [0, 0.1) is 5.82 Å². The Bertz CT molecular complexity index is 1040. The van der Waals surface area contributed by atoms with E-state index in [0.717, 1.165) is 23.3 Å². The van der Waals surface area contributed by atoms with Gasteiger partial charge in [-0.1, -0.05) is 13.0 Å². The third kappa shape index (κ3) is 4.48. The van der Waals surface area contributed by atoms with Crippen LogP contribution in [0.5, 0.6) is 0 Å². The molecule has 2 aromatic carbocycles. The molecule has 3 rings (SSSR count). The monoisotopic (exact) mass is 412 g/mol. The van der Waals surface area contributed by atoms with Crippen molar-refractivity contribution >= 4 is 25.7 Å². The summed E-state index contributed by atoms with van der Waals surface area (Å²) in [5.41, 5.74) is 2.16. The summed E-state index contributed by atoms with van der Waals surface area (Å²) in [5, 5.41) is 0. The summed E-state index contributed by atoms with van der Waals surface area (Å²) in [7, 11) is -7.17. The van der Waals surface area contributed by atoms with E-state index in [-0.39, 0.29) is 17.2 Å². The molecule has 1 N–H and O–H groups in total. The van der Waals surface area contributed by atoms with Crippen molar-refractivity contribution in [1.82, 2.24) is 4.31 Å². The Morgan fingerprint density at radius 3 is 2.41 bits per heavy atom. The van der Waals surface area contributed by atoms with E-state index in [4.69, 9.17) is 0 Å². The highest BCUT2D eigenvalue weighted by Gasteiger charge is 2.28. The third-order valence-corrected chi connectivity index (χ3v) is 7.73. The minimum atomic E-state index is -3.75. The smallest absolute Gasteiger partial charge is 0.243 e. The third-order valence-electron chi connectivity index (χ3n) is 4.38. The SMILES string of the molecule is CCCS(=O)(=O)Nc1ccc2c(c1)CN(S(=O)(=O)c1ccc(F)cc1)CC2. The molecule has 0 amide bonds. The average Bonchev–Trinajstić information content (AvgIpc) is 2.61. The van der Waals surface area contributed by atoms with Gasteiger partial charge >= 0.3 is 0 Å². The van der Waals surface area contributed by atoms with Crippen molar-refractivity contribution in [2.45, 2.75) is 31.2 Å². The van der Waals surface area contributed by atoms with Gasteiger partial charge in [0, 0.05) is 18.8 Å². The number of rotatable bonds is 6. The Morgan fingerprint density at radius 1 is 1.04 bits per heavy atom. The lowest BCUT2D eigenvalue weighted by Crippen LogP contribution is -2.36. The Balaban J connectivity index is 1.84. The van der Waals surface area contributed by atoms with Gasteiger partial charge in [-0.25, -0.2) is 21.2 Å². The van der Waals surface area contributed by atoms with Crippen molar-refractivity contribution in [3.63, 3.8) is 0 Å². The zero-order valence-electron chi connectivity index (χ0n) is 14.9. The quantitative estimate of drug-likeness (QED) is 0.791. The van der Waals surface area contributed by atoms with Gasteiger partial charge in [0.15, 0.2) is 0 Å². The first-order valence-corrected chi connectivity index (χ1v) is 11.7. The molecule has 0 saturated carbocycles. The van der Waals surface area contributed by atoms with Crippen LogP contribution < -0.4 is 4.72 Å². The summed E-state index contributed by atoms with van der Waals surface area (Å²) in [5.74, 6) is -0.475. The second-order valence-electron chi connectivity index (χ2n) is 6.45. The summed E-state index contributed by atoms with van der Waals surface area (Å²) in [6.07, 6.45) is 1.03. The fraction of sp³-hybridized carbons (Fsp3) is 0.333. The number of halogens is 1. The molecule has 0 bridgehead atoms. The fourth-order valence-corrected chi connectivity index (χ4v) is 5.60. The van der Waals surface area contributed by atoms with Crippen LogP contribution in [0.3, 0.4) is 0 Å². The first kappa shape index (κ1) is 19.8. The number of nitrogens with one attached hydrogen (secondary N) is 1. The molecule has 146 valence electrons. The number of hydrogen-bond acceptors (Lipinski definition) is 4. The largest absolute Gasteiger partial charge is 0.284 e. The van der Waals surface area contributed by atoms with Crippen molar-refractivity contribution in [2.24, 2.45) is 0 Å². The topological polar surface area (TPSA) is 83.6 Å². The normalized spacial score (nSPS) is 15.3. The first-order chi connectivity index (χ1) is 12.7. The van der Waals surface area contributed by atoms with E-state index in [2.05, 4.69) is 4.72 Å². The number of hydrogen-bond donors (Lipinski definition) is 1. The van der Waals surface area contributed by atoms with Crippen molar-refractivity contribution in [2.75, 3.05) is 17.0 Å². The van der Waals surface area contributed by atoms with Gasteiger partial charge in [-0.3, -0.25) is 4.72 Å².